The van der Waals surface area contributed by atoms with Gasteiger partial charge in [-0.05, 0) is 87.1 Å². The lowest BCUT2D eigenvalue weighted by Crippen LogP contribution is -2.33. The van der Waals surface area contributed by atoms with Crippen molar-refractivity contribution in [2.24, 2.45) is 0 Å². The molecule has 3 rings (SSSR count). The number of benzene rings is 3. The Morgan fingerprint density at radius 3 is 2.22 bits per heavy atom. The maximum absolute atomic E-state index is 13.1. The van der Waals surface area contributed by atoms with Crippen molar-refractivity contribution in [3.8, 4) is 0 Å². The Morgan fingerprint density at radius 2 is 1.56 bits per heavy atom. The van der Waals surface area contributed by atoms with Crippen LogP contribution in [0, 0.1) is 20.8 Å². The summed E-state index contributed by atoms with van der Waals surface area (Å²) in [6, 6.07) is 20.4. The van der Waals surface area contributed by atoms with Crippen LogP contribution in [0.5, 0.6) is 0 Å². The molecule has 0 aliphatic rings. The third-order valence-corrected chi connectivity index (χ3v) is 6.82. The smallest absolute Gasteiger partial charge is 0.262 e. The summed E-state index contributed by atoms with van der Waals surface area (Å²) in [5.74, 6) is -0.284. The Labute approximate surface area is 190 Å². The normalized spacial score (nSPS) is 12.2. The van der Waals surface area contributed by atoms with E-state index in [1.807, 2.05) is 45.0 Å². The monoisotopic (exact) mass is 450 g/mol. The van der Waals surface area contributed by atoms with Gasteiger partial charge in [0.05, 0.1) is 4.90 Å². The summed E-state index contributed by atoms with van der Waals surface area (Å²) in [5, 5.41) is 2.98. The van der Waals surface area contributed by atoms with Crippen molar-refractivity contribution in [3.63, 3.8) is 0 Å². The summed E-state index contributed by atoms with van der Waals surface area (Å²) in [5.41, 5.74) is 4.56. The Hall–Kier alpha value is -3.12. The minimum Gasteiger partial charge on any atom is -0.350 e. The molecule has 0 aliphatic carbocycles. The van der Waals surface area contributed by atoms with Crippen molar-refractivity contribution < 1.29 is 13.2 Å². The van der Waals surface area contributed by atoms with Gasteiger partial charge in [0.1, 0.15) is 0 Å². The van der Waals surface area contributed by atoms with E-state index < -0.39 is 10.0 Å². The second-order valence-electron chi connectivity index (χ2n) is 8.36. The number of carbonyl (C=O) groups excluding carboxylic acids is 1. The molecular weight excluding hydrogens is 420 g/mol. The van der Waals surface area contributed by atoms with Crippen LogP contribution in [0.15, 0.2) is 71.6 Å². The molecule has 168 valence electrons. The van der Waals surface area contributed by atoms with Crippen LogP contribution >= 0.6 is 0 Å². The SMILES string of the molecule is Cc1cc(C)cc(NS(=O)(=O)c2cc(C(=O)N[C@@H](C)CCc3ccccc3)ccc2C)c1. The van der Waals surface area contributed by atoms with Gasteiger partial charge in [-0.15, -0.1) is 0 Å². The average molecular weight is 451 g/mol. The molecule has 2 N–H and O–H groups in total. The van der Waals surface area contributed by atoms with Crippen molar-refractivity contribution in [3.05, 3.63) is 94.5 Å². The standard InChI is InChI=1S/C26H30N2O3S/c1-18-14-19(2)16-24(15-18)28-32(30,31)25-17-23(13-10-20(25)3)26(29)27-21(4)11-12-22-8-6-5-7-9-22/h5-10,13-17,21,28H,11-12H2,1-4H3,(H,27,29)/t21-/m0/s1. The minimum absolute atomic E-state index is 0.0440. The predicted octanol–water partition coefficient (Wildman–Crippen LogP) is 5.16. The highest BCUT2D eigenvalue weighted by Crippen LogP contribution is 2.22. The third kappa shape index (κ3) is 6.20. The van der Waals surface area contributed by atoms with Gasteiger partial charge in [0.2, 0.25) is 0 Å². The summed E-state index contributed by atoms with van der Waals surface area (Å²) in [6.45, 7) is 7.51. The van der Waals surface area contributed by atoms with Gasteiger partial charge in [0.25, 0.3) is 15.9 Å². The number of sulfonamides is 1. The highest BCUT2D eigenvalue weighted by molar-refractivity contribution is 7.92. The zero-order valence-electron chi connectivity index (χ0n) is 19.0. The van der Waals surface area contributed by atoms with E-state index >= 15 is 0 Å². The molecule has 5 nitrogen and oxygen atoms in total. The first-order chi connectivity index (χ1) is 15.1. The van der Waals surface area contributed by atoms with E-state index in [9.17, 15) is 13.2 Å². The highest BCUT2D eigenvalue weighted by Gasteiger charge is 2.20. The fourth-order valence-corrected chi connectivity index (χ4v) is 4.99. The number of carbonyl (C=O) groups is 1. The Bertz CT molecular complexity index is 1180. The van der Waals surface area contributed by atoms with Gasteiger partial charge >= 0.3 is 0 Å². The van der Waals surface area contributed by atoms with Crippen LogP contribution in [-0.4, -0.2) is 20.4 Å². The Kier molecular flexibility index (Phi) is 7.36. The molecule has 3 aromatic carbocycles. The first-order valence-electron chi connectivity index (χ1n) is 10.7. The minimum atomic E-state index is -3.84. The van der Waals surface area contributed by atoms with Gasteiger partial charge in [-0.2, -0.15) is 0 Å². The highest BCUT2D eigenvalue weighted by atomic mass is 32.2. The summed E-state index contributed by atoms with van der Waals surface area (Å²) in [4.78, 5) is 12.9. The lowest BCUT2D eigenvalue weighted by atomic mass is 10.1. The van der Waals surface area contributed by atoms with E-state index in [1.165, 1.54) is 11.6 Å². The van der Waals surface area contributed by atoms with Crippen LogP contribution in [0.3, 0.4) is 0 Å². The van der Waals surface area contributed by atoms with Crippen LogP contribution < -0.4 is 10.0 Å². The number of anilines is 1. The molecule has 0 saturated carbocycles. The van der Waals surface area contributed by atoms with E-state index in [1.54, 1.807) is 31.2 Å². The van der Waals surface area contributed by atoms with E-state index in [0.29, 0.717) is 16.8 Å². The lowest BCUT2D eigenvalue weighted by Gasteiger charge is -2.16. The van der Waals surface area contributed by atoms with E-state index in [2.05, 4.69) is 22.2 Å². The van der Waals surface area contributed by atoms with Gasteiger partial charge in [-0.1, -0.05) is 42.5 Å². The average Bonchev–Trinajstić information content (AvgIpc) is 2.72. The van der Waals surface area contributed by atoms with E-state index in [-0.39, 0.29) is 16.8 Å². The number of hydrogen-bond donors (Lipinski definition) is 2. The number of aryl methyl sites for hydroxylation is 4. The van der Waals surface area contributed by atoms with Gasteiger partial charge in [0.15, 0.2) is 0 Å². The molecule has 1 amide bonds. The first kappa shape index (κ1) is 23.5. The molecule has 32 heavy (non-hydrogen) atoms. The van der Waals surface area contributed by atoms with Gasteiger partial charge in [-0.25, -0.2) is 8.42 Å². The number of amides is 1. The van der Waals surface area contributed by atoms with Gasteiger partial charge in [0, 0.05) is 17.3 Å². The topological polar surface area (TPSA) is 75.3 Å². The van der Waals surface area contributed by atoms with Gasteiger partial charge in [-0.3, -0.25) is 9.52 Å². The molecule has 0 unspecified atom stereocenters. The van der Waals surface area contributed by atoms with Crippen molar-refractivity contribution >= 4 is 21.6 Å². The molecule has 0 heterocycles. The maximum Gasteiger partial charge on any atom is 0.262 e. The van der Waals surface area contributed by atoms with Crippen LogP contribution in [-0.2, 0) is 16.4 Å². The van der Waals surface area contributed by atoms with E-state index in [0.717, 1.165) is 24.0 Å². The maximum atomic E-state index is 13.1. The van der Waals surface area contributed by atoms with Crippen molar-refractivity contribution in [1.82, 2.24) is 5.32 Å². The molecule has 1 atom stereocenters. The molecule has 0 fully saturated rings. The van der Waals surface area contributed by atoms with Crippen molar-refractivity contribution in [2.75, 3.05) is 4.72 Å². The second-order valence-corrected chi connectivity index (χ2v) is 10.0. The molecular formula is C26H30N2O3S. The van der Waals surface area contributed by atoms with Gasteiger partial charge < -0.3 is 5.32 Å². The lowest BCUT2D eigenvalue weighted by molar-refractivity contribution is 0.0938. The molecule has 0 aliphatic heterocycles. The predicted molar refractivity (Wildman–Crippen MR) is 130 cm³/mol. The van der Waals surface area contributed by atoms with E-state index in [4.69, 9.17) is 0 Å². The largest absolute Gasteiger partial charge is 0.350 e. The fourth-order valence-electron chi connectivity index (χ4n) is 3.68. The number of hydrogen-bond acceptors (Lipinski definition) is 3. The molecule has 0 spiro atoms. The van der Waals surface area contributed by atoms with Crippen molar-refractivity contribution in [1.29, 1.82) is 0 Å². The Balaban J connectivity index is 1.73. The fraction of sp³-hybridized carbons (Fsp3) is 0.269. The Morgan fingerprint density at radius 1 is 0.906 bits per heavy atom. The van der Waals surface area contributed by atoms with Crippen LogP contribution in [0.1, 0.15) is 46.0 Å². The summed E-state index contributed by atoms with van der Waals surface area (Å²) in [6.07, 6.45) is 1.65. The van der Waals surface area contributed by atoms with Crippen molar-refractivity contribution in [2.45, 2.75) is 51.5 Å². The molecule has 0 radical (unpaired) electrons. The second kappa shape index (κ2) is 10.0. The molecule has 0 saturated heterocycles. The third-order valence-electron chi connectivity index (χ3n) is 5.30. The quantitative estimate of drug-likeness (QED) is 0.497. The number of rotatable bonds is 8. The van der Waals surface area contributed by atoms with Crippen LogP contribution in [0.4, 0.5) is 5.69 Å². The summed E-state index contributed by atoms with van der Waals surface area (Å²) < 4.78 is 28.8. The molecule has 3 aromatic rings. The first-order valence-corrected chi connectivity index (χ1v) is 12.2. The zero-order valence-corrected chi connectivity index (χ0v) is 19.8. The molecule has 0 aromatic heterocycles. The summed E-state index contributed by atoms with van der Waals surface area (Å²) in [7, 11) is -3.84. The van der Waals surface area contributed by atoms with Crippen LogP contribution in [0.2, 0.25) is 0 Å². The summed E-state index contributed by atoms with van der Waals surface area (Å²) >= 11 is 0. The molecule has 0 bridgehead atoms. The molecule has 6 heteroatoms. The zero-order chi connectivity index (χ0) is 23.3. The number of nitrogens with one attached hydrogen (secondary N) is 2. The van der Waals surface area contributed by atoms with Crippen LogP contribution in [0.25, 0.3) is 0 Å².